The zero-order valence-electron chi connectivity index (χ0n) is 27.6. The summed E-state index contributed by atoms with van der Waals surface area (Å²) in [6.07, 6.45) is 0.597. The van der Waals surface area contributed by atoms with E-state index in [0.717, 1.165) is 55.7 Å². The van der Waals surface area contributed by atoms with Gasteiger partial charge in [0, 0.05) is 40.6 Å². The number of imidazole rings is 1. The number of hydrogen-bond acceptors (Lipinski definition) is 7. The van der Waals surface area contributed by atoms with Crippen molar-refractivity contribution < 1.29 is 32.2 Å². The predicted molar refractivity (Wildman–Crippen MR) is 171 cm³/mol. The van der Waals surface area contributed by atoms with Gasteiger partial charge in [0.15, 0.2) is 5.69 Å². The predicted octanol–water partition coefficient (Wildman–Crippen LogP) is 8.04. The standard InChI is InChI=1S/C32H51F3N4O4Si/c1-22(2)19-39(25-10-12-26(41-4)13-11-25)28-14-9-24(23(3)17-30(40)42-5)18-27(28)36-31-37-29(32(33,34)35)20-38(31)21-43-15-16-44(6,7)8/h9,14,18,20,22-23,25-26H,10-13,15-17,19,21H2,1-8H3,(H,36,37)/t23-,25?,26?/m1/s1. The highest BCUT2D eigenvalue weighted by molar-refractivity contribution is 6.76. The number of carbonyl (C=O) groups is 1. The molecule has 1 atom stereocenters. The molecule has 1 aromatic carbocycles. The Morgan fingerprint density at radius 1 is 1.14 bits per heavy atom. The first-order chi connectivity index (χ1) is 20.6. The summed E-state index contributed by atoms with van der Waals surface area (Å²) in [5.74, 6) is -0.0900. The molecule has 1 aliphatic rings. The lowest BCUT2D eigenvalue weighted by molar-refractivity contribution is -0.141. The SMILES string of the molecule is COC(=O)C[C@@H](C)c1ccc(N(CC(C)C)C2CCC(OC)CC2)c(Nc2nc(C(F)(F)F)cn2COCC[Si](C)(C)C)c1. The van der Waals surface area contributed by atoms with E-state index in [1.807, 2.05) is 25.1 Å². The molecule has 44 heavy (non-hydrogen) atoms. The minimum absolute atomic E-state index is 0.0527. The van der Waals surface area contributed by atoms with Crippen LogP contribution in [-0.4, -0.2) is 63.1 Å². The van der Waals surface area contributed by atoms with Crippen LogP contribution in [0.1, 0.15) is 70.1 Å². The van der Waals surface area contributed by atoms with Gasteiger partial charge in [-0.2, -0.15) is 13.2 Å². The highest BCUT2D eigenvalue weighted by atomic mass is 28.3. The van der Waals surface area contributed by atoms with E-state index in [0.29, 0.717) is 18.2 Å². The number of nitrogens with one attached hydrogen (secondary N) is 1. The van der Waals surface area contributed by atoms with Gasteiger partial charge in [0.1, 0.15) is 6.73 Å². The van der Waals surface area contributed by atoms with Crippen LogP contribution in [-0.2, 0) is 31.9 Å². The Labute approximate surface area is 261 Å². The van der Waals surface area contributed by atoms with E-state index < -0.39 is 19.9 Å². The van der Waals surface area contributed by atoms with Gasteiger partial charge >= 0.3 is 12.1 Å². The van der Waals surface area contributed by atoms with Crippen LogP contribution in [0.4, 0.5) is 30.5 Å². The van der Waals surface area contributed by atoms with Crippen LogP contribution in [0.5, 0.6) is 0 Å². The molecule has 1 heterocycles. The average Bonchev–Trinajstić information content (AvgIpc) is 3.36. The summed E-state index contributed by atoms with van der Waals surface area (Å²) < 4.78 is 59.3. The zero-order valence-corrected chi connectivity index (χ0v) is 28.6. The number of halogens is 3. The maximum absolute atomic E-state index is 13.8. The largest absolute Gasteiger partial charge is 0.469 e. The number of anilines is 3. The molecule has 0 amide bonds. The van der Waals surface area contributed by atoms with Crippen molar-refractivity contribution in [2.75, 3.05) is 37.6 Å². The van der Waals surface area contributed by atoms with Crippen molar-refractivity contribution in [3.8, 4) is 0 Å². The zero-order chi connectivity index (χ0) is 32.7. The Bertz CT molecular complexity index is 1210. The fourth-order valence-corrected chi connectivity index (χ4v) is 6.26. The fraction of sp³-hybridized carbons (Fsp3) is 0.688. The molecule has 0 radical (unpaired) electrons. The highest BCUT2D eigenvalue weighted by Gasteiger charge is 2.35. The van der Waals surface area contributed by atoms with Gasteiger partial charge in [-0.05, 0) is 61.3 Å². The van der Waals surface area contributed by atoms with Gasteiger partial charge in [-0.25, -0.2) is 4.98 Å². The van der Waals surface area contributed by atoms with Crippen molar-refractivity contribution in [3.05, 3.63) is 35.7 Å². The first-order valence-corrected chi connectivity index (χ1v) is 19.3. The smallest absolute Gasteiger partial charge is 0.434 e. The van der Waals surface area contributed by atoms with Crippen LogP contribution >= 0.6 is 0 Å². The van der Waals surface area contributed by atoms with E-state index >= 15 is 0 Å². The molecule has 0 spiro atoms. The van der Waals surface area contributed by atoms with Crippen molar-refractivity contribution in [2.45, 2.75) is 110 Å². The van der Waals surface area contributed by atoms with Crippen LogP contribution < -0.4 is 10.2 Å². The number of esters is 1. The van der Waals surface area contributed by atoms with Crippen LogP contribution in [0.25, 0.3) is 0 Å². The Hall–Kier alpha value is -2.57. The van der Waals surface area contributed by atoms with E-state index in [2.05, 4.69) is 48.7 Å². The third-order valence-corrected chi connectivity index (χ3v) is 9.82. The van der Waals surface area contributed by atoms with E-state index in [9.17, 15) is 18.0 Å². The third-order valence-electron chi connectivity index (χ3n) is 8.12. The third kappa shape index (κ3) is 10.5. The van der Waals surface area contributed by atoms with Crippen molar-refractivity contribution in [1.29, 1.82) is 0 Å². The quantitative estimate of drug-likeness (QED) is 0.120. The molecule has 1 N–H and O–H groups in total. The Morgan fingerprint density at radius 2 is 1.82 bits per heavy atom. The van der Waals surface area contributed by atoms with E-state index in [1.165, 1.54) is 11.7 Å². The van der Waals surface area contributed by atoms with Gasteiger partial charge in [0.2, 0.25) is 5.95 Å². The summed E-state index contributed by atoms with van der Waals surface area (Å²) >= 11 is 0. The molecule has 1 fully saturated rings. The molecule has 248 valence electrons. The molecule has 0 saturated heterocycles. The van der Waals surface area contributed by atoms with Crippen LogP contribution in [0.2, 0.25) is 25.7 Å². The van der Waals surface area contributed by atoms with Gasteiger partial charge in [0.25, 0.3) is 0 Å². The molecule has 0 unspecified atom stereocenters. The lowest BCUT2D eigenvalue weighted by atomic mass is 9.90. The summed E-state index contributed by atoms with van der Waals surface area (Å²) in [7, 11) is 1.73. The topological polar surface area (TPSA) is 77.9 Å². The lowest BCUT2D eigenvalue weighted by Crippen LogP contribution is -2.41. The maximum atomic E-state index is 13.8. The second-order valence-corrected chi connectivity index (χ2v) is 19.2. The van der Waals surface area contributed by atoms with Crippen molar-refractivity contribution in [1.82, 2.24) is 9.55 Å². The number of carbonyl (C=O) groups excluding carboxylic acids is 1. The van der Waals surface area contributed by atoms with E-state index in [1.54, 1.807) is 7.11 Å². The summed E-state index contributed by atoms with van der Waals surface area (Å²) in [4.78, 5) is 18.4. The number of hydrogen-bond donors (Lipinski definition) is 1. The minimum atomic E-state index is -4.61. The summed E-state index contributed by atoms with van der Waals surface area (Å²) in [6, 6.07) is 7.08. The molecule has 3 rings (SSSR count). The number of nitrogens with zero attached hydrogens (tertiary/aromatic N) is 3. The summed E-state index contributed by atoms with van der Waals surface area (Å²) in [6.45, 7) is 14.1. The van der Waals surface area contributed by atoms with Gasteiger partial charge in [0.05, 0.1) is 31.0 Å². The highest BCUT2D eigenvalue weighted by Crippen LogP contribution is 2.38. The molecular weight excluding hydrogens is 589 g/mol. The molecule has 8 nitrogen and oxygen atoms in total. The molecular formula is C32H51F3N4O4Si. The number of benzene rings is 1. The monoisotopic (exact) mass is 640 g/mol. The van der Waals surface area contributed by atoms with Crippen molar-refractivity contribution >= 4 is 31.4 Å². The lowest BCUT2D eigenvalue weighted by Gasteiger charge is -2.40. The first-order valence-electron chi connectivity index (χ1n) is 15.6. The number of alkyl halides is 3. The van der Waals surface area contributed by atoms with E-state index in [4.69, 9.17) is 14.2 Å². The summed E-state index contributed by atoms with van der Waals surface area (Å²) in [5, 5.41) is 3.26. The Morgan fingerprint density at radius 3 is 2.39 bits per heavy atom. The normalized spacial score (nSPS) is 18.4. The molecule has 0 aliphatic heterocycles. The molecule has 12 heteroatoms. The van der Waals surface area contributed by atoms with Gasteiger partial charge in [-0.1, -0.05) is 46.5 Å². The fourth-order valence-electron chi connectivity index (χ4n) is 5.50. The number of rotatable bonds is 15. The van der Waals surface area contributed by atoms with Crippen LogP contribution in [0.3, 0.4) is 0 Å². The van der Waals surface area contributed by atoms with Crippen LogP contribution in [0.15, 0.2) is 24.4 Å². The molecule has 1 aliphatic carbocycles. The number of methoxy groups -OCH3 is 2. The second-order valence-electron chi connectivity index (χ2n) is 13.6. The molecule has 1 aromatic heterocycles. The molecule has 1 saturated carbocycles. The van der Waals surface area contributed by atoms with Gasteiger partial charge in [-0.3, -0.25) is 9.36 Å². The molecule has 2 aromatic rings. The van der Waals surface area contributed by atoms with E-state index in [-0.39, 0.29) is 43.1 Å². The second kappa shape index (κ2) is 15.6. The van der Waals surface area contributed by atoms with Crippen molar-refractivity contribution in [3.63, 3.8) is 0 Å². The van der Waals surface area contributed by atoms with Gasteiger partial charge < -0.3 is 24.4 Å². The maximum Gasteiger partial charge on any atom is 0.434 e. The minimum Gasteiger partial charge on any atom is -0.469 e. The number of ether oxygens (including phenoxy) is 3. The average molecular weight is 641 g/mol. The Balaban J connectivity index is 2.04. The first kappa shape index (κ1) is 35.9. The van der Waals surface area contributed by atoms with Crippen molar-refractivity contribution in [2.24, 2.45) is 5.92 Å². The van der Waals surface area contributed by atoms with Gasteiger partial charge in [-0.15, -0.1) is 0 Å². The number of aromatic nitrogens is 2. The summed E-state index contributed by atoms with van der Waals surface area (Å²) in [5.41, 5.74) is 1.41. The van der Waals surface area contributed by atoms with Crippen LogP contribution in [0, 0.1) is 5.92 Å². The Kier molecular flexibility index (Phi) is 12.7. The molecule has 0 bridgehead atoms.